The van der Waals surface area contributed by atoms with Gasteiger partial charge in [-0.1, -0.05) is 6.42 Å². The summed E-state index contributed by atoms with van der Waals surface area (Å²) in [5, 5.41) is 11.9. The molecule has 16 heavy (non-hydrogen) atoms. The fraction of sp³-hybridized carbons (Fsp3) is 1.00. The van der Waals surface area contributed by atoms with Gasteiger partial charge in [-0.15, -0.1) is 0 Å². The summed E-state index contributed by atoms with van der Waals surface area (Å²) in [7, 11) is 0. The topological polar surface area (TPSA) is 35.5 Å². The molecule has 1 atom stereocenters. The Kier molecular flexibility index (Phi) is 5.51. The molecular formula is C10H19F3N2O. The van der Waals surface area contributed by atoms with E-state index in [4.69, 9.17) is 5.11 Å². The summed E-state index contributed by atoms with van der Waals surface area (Å²) in [6.45, 7) is 0.149. The van der Waals surface area contributed by atoms with Crippen molar-refractivity contribution in [2.75, 3.05) is 32.8 Å². The molecule has 0 amide bonds. The van der Waals surface area contributed by atoms with Crippen molar-refractivity contribution in [3.05, 3.63) is 0 Å². The van der Waals surface area contributed by atoms with Crippen LogP contribution in [0.25, 0.3) is 0 Å². The van der Waals surface area contributed by atoms with Crippen molar-refractivity contribution in [3.8, 4) is 0 Å². The predicted molar refractivity (Wildman–Crippen MR) is 55.2 cm³/mol. The predicted octanol–water partition coefficient (Wildman–Crippen LogP) is 0.985. The fourth-order valence-electron chi connectivity index (χ4n) is 2.02. The summed E-state index contributed by atoms with van der Waals surface area (Å²) in [4.78, 5) is 1.27. The number of hydrogen-bond acceptors (Lipinski definition) is 3. The number of rotatable bonds is 5. The third-order valence-corrected chi connectivity index (χ3v) is 2.71. The molecule has 2 N–H and O–H groups in total. The molecule has 0 saturated carbocycles. The van der Waals surface area contributed by atoms with Crippen molar-refractivity contribution < 1.29 is 18.3 Å². The molecule has 1 aliphatic rings. The summed E-state index contributed by atoms with van der Waals surface area (Å²) in [5.41, 5.74) is 0. The second-order valence-electron chi connectivity index (χ2n) is 4.22. The average molecular weight is 240 g/mol. The van der Waals surface area contributed by atoms with Gasteiger partial charge in [0.05, 0.1) is 13.2 Å². The highest BCUT2D eigenvalue weighted by atomic mass is 19.4. The third kappa shape index (κ3) is 5.67. The summed E-state index contributed by atoms with van der Waals surface area (Å²) < 4.78 is 36.7. The van der Waals surface area contributed by atoms with Gasteiger partial charge in [-0.2, -0.15) is 13.2 Å². The van der Waals surface area contributed by atoms with Crippen LogP contribution < -0.4 is 5.32 Å². The zero-order chi connectivity index (χ0) is 12.0. The van der Waals surface area contributed by atoms with Gasteiger partial charge in [0.15, 0.2) is 0 Å². The van der Waals surface area contributed by atoms with Crippen molar-refractivity contribution in [3.63, 3.8) is 0 Å². The van der Waals surface area contributed by atoms with E-state index in [1.807, 2.05) is 0 Å². The van der Waals surface area contributed by atoms with Crippen LogP contribution in [0.2, 0.25) is 0 Å². The van der Waals surface area contributed by atoms with Crippen molar-refractivity contribution in [2.45, 2.75) is 31.5 Å². The van der Waals surface area contributed by atoms with Crippen LogP contribution in [0.15, 0.2) is 0 Å². The second kappa shape index (κ2) is 6.42. The Hall–Kier alpha value is -0.330. The summed E-state index contributed by atoms with van der Waals surface area (Å²) in [6.07, 6.45) is -1.12. The molecule has 6 heteroatoms. The van der Waals surface area contributed by atoms with Gasteiger partial charge in [0.25, 0.3) is 0 Å². The van der Waals surface area contributed by atoms with E-state index in [2.05, 4.69) is 5.32 Å². The summed E-state index contributed by atoms with van der Waals surface area (Å²) in [5.74, 6) is 0. The van der Waals surface area contributed by atoms with E-state index in [1.165, 1.54) is 4.90 Å². The molecule has 0 radical (unpaired) electrons. The normalized spacial score (nSPS) is 22.7. The van der Waals surface area contributed by atoms with Gasteiger partial charge in [0, 0.05) is 19.1 Å². The van der Waals surface area contributed by atoms with Gasteiger partial charge in [0.2, 0.25) is 0 Å². The smallest absolute Gasteiger partial charge is 0.395 e. The number of nitrogens with zero attached hydrogens (tertiary/aromatic N) is 1. The van der Waals surface area contributed by atoms with Gasteiger partial charge in [-0.25, -0.2) is 0 Å². The minimum Gasteiger partial charge on any atom is -0.395 e. The average Bonchev–Trinajstić information content (AvgIpc) is 2.17. The highest BCUT2D eigenvalue weighted by Crippen LogP contribution is 2.17. The van der Waals surface area contributed by atoms with Crippen LogP contribution in [0, 0.1) is 0 Å². The number of alkyl halides is 3. The van der Waals surface area contributed by atoms with E-state index in [1.54, 1.807) is 0 Å². The first kappa shape index (κ1) is 13.7. The molecule has 0 aromatic rings. The van der Waals surface area contributed by atoms with Crippen LogP contribution in [-0.4, -0.2) is 55.0 Å². The van der Waals surface area contributed by atoms with E-state index in [0.717, 1.165) is 25.8 Å². The molecule has 1 unspecified atom stereocenters. The first-order chi connectivity index (χ1) is 7.51. The second-order valence-corrected chi connectivity index (χ2v) is 4.22. The molecule has 0 aromatic carbocycles. The lowest BCUT2D eigenvalue weighted by Crippen LogP contribution is -2.47. The Balaban J connectivity index is 2.36. The minimum absolute atomic E-state index is 0.0810. The first-order valence-electron chi connectivity index (χ1n) is 5.64. The summed E-state index contributed by atoms with van der Waals surface area (Å²) in [6, 6.07) is 0.127. The monoisotopic (exact) mass is 240 g/mol. The van der Waals surface area contributed by atoms with E-state index in [-0.39, 0.29) is 19.2 Å². The molecule has 1 saturated heterocycles. The number of aliphatic hydroxyl groups is 1. The molecule has 1 heterocycles. The van der Waals surface area contributed by atoms with Gasteiger partial charge < -0.3 is 10.4 Å². The third-order valence-electron chi connectivity index (χ3n) is 2.71. The van der Waals surface area contributed by atoms with Crippen LogP contribution in [0.3, 0.4) is 0 Å². The standard InChI is InChI=1S/C10H19F3N2O/c11-10(12,13)8-15(5-6-16)7-9-3-1-2-4-14-9/h9,14,16H,1-8H2. The maximum Gasteiger partial charge on any atom is 0.401 e. The Morgan fingerprint density at radius 1 is 1.31 bits per heavy atom. The molecule has 1 aliphatic heterocycles. The quantitative estimate of drug-likeness (QED) is 0.752. The van der Waals surface area contributed by atoms with Crippen molar-refractivity contribution in [2.24, 2.45) is 0 Å². The number of aliphatic hydroxyl groups excluding tert-OH is 1. The lowest BCUT2D eigenvalue weighted by molar-refractivity contribution is -0.147. The van der Waals surface area contributed by atoms with E-state index < -0.39 is 12.7 Å². The van der Waals surface area contributed by atoms with Crippen LogP contribution in [0.5, 0.6) is 0 Å². The number of hydrogen-bond donors (Lipinski definition) is 2. The molecule has 0 aromatic heterocycles. The van der Waals surface area contributed by atoms with Crippen LogP contribution in [0.4, 0.5) is 13.2 Å². The van der Waals surface area contributed by atoms with Crippen molar-refractivity contribution in [1.29, 1.82) is 0 Å². The van der Waals surface area contributed by atoms with Crippen molar-refractivity contribution in [1.82, 2.24) is 10.2 Å². The fourth-order valence-corrected chi connectivity index (χ4v) is 2.02. The first-order valence-corrected chi connectivity index (χ1v) is 5.64. The van der Waals surface area contributed by atoms with Crippen LogP contribution >= 0.6 is 0 Å². The van der Waals surface area contributed by atoms with Crippen LogP contribution in [-0.2, 0) is 0 Å². The van der Waals surface area contributed by atoms with E-state index >= 15 is 0 Å². The molecule has 0 aliphatic carbocycles. The molecule has 0 spiro atoms. The van der Waals surface area contributed by atoms with Gasteiger partial charge in [-0.3, -0.25) is 4.90 Å². The molecular weight excluding hydrogens is 221 g/mol. The lowest BCUT2D eigenvalue weighted by atomic mass is 10.0. The highest BCUT2D eigenvalue weighted by Gasteiger charge is 2.31. The Bertz CT molecular complexity index is 193. The SMILES string of the molecule is OCCN(CC1CCCCN1)CC(F)(F)F. The largest absolute Gasteiger partial charge is 0.401 e. The molecule has 1 rings (SSSR count). The number of nitrogens with one attached hydrogen (secondary N) is 1. The zero-order valence-corrected chi connectivity index (χ0v) is 9.26. The molecule has 96 valence electrons. The molecule has 0 bridgehead atoms. The Labute approximate surface area is 93.6 Å². The molecule has 1 fully saturated rings. The van der Waals surface area contributed by atoms with E-state index in [0.29, 0.717) is 6.54 Å². The zero-order valence-electron chi connectivity index (χ0n) is 9.26. The van der Waals surface area contributed by atoms with Crippen molar-refractivity contribution >= 4 is 0 Å². The van der Waals surface area contributed by atoms with Crippen LogP contribution in [0.1, 0.15) is 19.3 Å². The van der Waals surface area contributed by atoms with Gasteiger partial charge in [0.1, 0.15) is 0 Å². The van der Waals surface area contributed by atoms with E-state index in [9.17, 15) is 13.2 Å². The highest BCUT2D eigenvalue weighted by molar-refractivity contribution is 4.77. The maximum atomic E-state index is 12.2. The Morgan fingerprint density at radius 3 is 2.56 bits per heavy atom. The Morgan fingerprint density at radius 2 is 2.06 bits per heavy atom. The number of piperidine rings is 1. The summed E-state index contributed by atoms with van der Waals surface area (Å²) >= 11 is 0. The lowest BCUT2D eigenvalue weighted by Gasteiger charge is -2.30. The minimum atomic E-state index is -4.19. The van der Waals surface area contributed by atoms with Gasteiger partial charge in [-0.05, 0) is 19.4 Å². The maximum absolute atomic E-state index is 12.2. The number of halogens is 3. The molecule has 3 nitrogen and oxygen atoms in total. The van der Waals surface area contributed by atoms with Gasteiger partial charge >= 0.3 is 6.18 Å².